The number of imide groups is 1. The number of amidine groups is 1. The molecule has 0 aliphatic carbocycles. The van der Waals surface area contributed by atoms with E-state index in [4.69, 9.17) is 5.41 Å². The maximum Gasteiger partial charge on any atom is 0.260 e. The molecule has 1 atom stereocenters. The monoisotopic (exact) mass is 259 g/mol. The van der Waals surface area contributed by atoms with E-state index in [1.807, 2.05) is 6.07 Å². The topological polar surface area (TPSA) is 64.5 Å². The maximum atomic E-state index is 12.2. The predicted molar refractivity (Wildman–Crippen MR) is 72.0 cm³/mol. The third-order valence-electron chi connectivity index (χ3n) is 3.28. The highest BCUT2D eigenvalue weighted by atomic mass is 16.2. The highest BCUT2D eigenvalue weighted by molar-refractivity contribution is 6.12. The molecule has 0 saturated carbocycles. The van der Waals surface area contributed by atoms with Gasteiger partial charge in [0, 0.05) is 26.2 Å². The fraction of sp³-hybridized carbons (Fsp3) is 0.357. The smallest absolute Gasteiger partial charge is 0.260 e. The molecule has 1 aromatic rings. The van der Waals surface area contributed by atoms with Crippen LogP contribution in [0.4, 0.5) is 0 Å². The Morgan fingerprint density at radius 1 is 1.32 bits per heavy atom. The number of hydrogen-bond acceptors (Lipinski definition) is 3. The number of carbonyl (C=O) groups excluding carboxylic acids is 2. The fourth-order valence-corrected chi connectivity index (χ4v) is 2.18. The molecule has 100 valence electrons. The summed E-state index contributed by atoms with van der Waals surface area (Å²) in [4.78, 5) is 27.3. The summed E-state index contributed by atoms with van der Waals surface area (Å²) >= 11 is 0. The molecule has 1 saturated heterocycles. The molecular weight excluding hydrogens is 242 g/mol. The third kappa shape index (κ3) is 2.50. The zero-order valence-corrected chi connectivity index (χ0v) is 11.1. The van der Waals surface area contributed by atoms with Gasteiger partial charge in [-0.1, -0.05) is 18.2 Å². The Kier molecular flexibility index (Phi) is 3.64. The molecule has 1 N–H and O–H groups in total. The van der Waals surface area contributed by atoms with E-state index in [2.05, 4.69) is 0 Å². The highest BCUT2D eigenvalue weighted by Crippen LogP contribution is 2.22. The lowest BCUT2D eigenvalue weighted by molar-refractivity contribution is -0.127. The molecule has 5 heteroatoms. The van der Waals surface area contributed by atoms with E-state index < -0.39 is 5.92 Å². The van der Waals surface area contributed by atoms with Crippen LogP contribution in [0.25, 0.3) is 0 Å². The summed E-state index contributed by atoms with van der Waals surface area (Å²) in [6.45, 7) is 0.382. The van der Waals surface area contributed by atoms with Gasteiger partial charge in [0.15, 0.2) is 0 Å². The van der Waals surface area contributed by atoms with E-state index in [0.29, 0.717) is 18.5 Å². The Hall–Kier alpha value is -2.17. The van der Waals surface area contributed by atoms with Crippen LogP contribution in [-0.4, -0.2) is 48.1 Å². The molecule has 1 unspecified atom stereocenters. The summed E-state index contributed by atoms with van der Waals surface area (Å²) in [6, 6.07) is 8.76. The number of nitrogens with zero attached hydrogens (tertiary/aromatic N) is 2. The first-order valence-electron chi connectivity index (χ1n) is 6.19. The maximum absolute atomic E-state index is 12.2. The summed E-state index contributed by atoms with van der Waals surface area (Å²) in [7, 11) is 3.47. The largest absolute Gasteiger partial charge is 0.366 e. The van der Waals surface area contributed by atoms with Gasteiger partial charge in [0.25, 0.3) is 5.91 Å². The quantitative estimate of drug-likeness (QED) is 0.493. The molecule has 0 radical (unpaired) electrons. The van der Waals surface area contributed by atoms with Crippen molar-refractivity contribution in [3.8, 4) is 0 Å². The Morgan fingerprint density at radius 2 is 1.95 bits per heavy atom. The normalized spacial score (nSPS) is 18.5. The second-order valence-corrected chi connectivity index (χ2v) is 4.78. The van der Waals surface area contributed by atoms with E-state index in [-0.39, 0.29) is 17.6 Å². The molecule has 1 aliphatic rings. The average Bonchev–Trinajstić information content (AvgIpc) is 2.79. The van der Waals surface area contributed by atoms with Gasteiger partial charge in [-0.2, -0.15) is 0 Å². The predicted octanol–water partition coefficient (Wildman–Crippen LogP) is 1.21. The van der Waals surface area contributed by atoms with Gasteiger partial charge >= 0.3 is 0 Å². The van der Waals surface area contributed by atoms with Crippen LogP contribution < -0.4 is 0 Å². The van der Waals surface area contributed by atoms with Crippen molar-refractivity contribution in [2.24, 2.45) is 5.92 Å². The zero-order valence-electron chi connectivity index (χ0n) is 11.1. The molecule has 2 rings (SSSR count). The van der Waals surface area contributed by atoms with Crippen molar-refractivity contribution >= 4 is 17.6 Å². The van der Waals surface area contributed by atoms with E-state index in [9.17, 15) is 9.59 Å². The van der Waals surface area contributed by atoms with Crippen molar-refractivity contribution in [2.75, 3.05) is 20.6 Å². The number of nitrogens with one attached hydrogen (secondary N) is 1. The van der Waals surface area contributed by atoms with Crippen molar-refractivity contribution < 1.29 is 9.59 Å². The Bertz CT molecular complexity index is 511. The molecule has 1 aliphatic heterocycles. The molecule has 1 fully saturated rings. The molecular formula is C14H17N3O2. The van der Waals surface area contributed by atoms with Crippen molar-refractivity contribution in [3.63, 3.8) is 0 Å². The minimum absolute atomic E-state index is 0.258. The van der Waals surface area contributed by atoms with Crippen molar-refractivity contribution in [3.05, 3.63) is 35.9 Å². The summed E-state index contributed by atoms with van der Waals surface area (Å²) in [5.74, 6) is -0.789. The third-order valence-corrected chi connectivity index (χ3v) is 3.28. The van der Waals surface area contributed by atoms with Crippen LogP contribution in [-0.2, 0) is 4.79 Å². The van der Waals surface area contributed by atoms with Crippen molar-refractivity contribution in [2.45, 2.75) is 6.42 Å². The summed E-state index contributed by atoms with van der Waals surface area (Å²) in [5.41, 5.74) is 0.507. The summed E-state index contributed by atoms with van der Waals surface area (Å²) in [5, 5.41) is 7.87. The minimum atomic E-state index is -0.498. The molecule has 0 spiro atoms. The Balaban J connectivity index is 2.15. The van der Waals surface area contributed by atoms with E-state index in [1.165, 1.54) is 4.90 Å². The lowest BCUT2D eigenvalue weighted by Crippen LogP contribution is -2.38. The van der Waals surface area contributed by atoms with Crippen molar-refractivity contribution in [1.29, 1.82) is 5.41 Å². The SMILES string of the molecule is CN(C)C(=N)C1CCN(C(=O)c2ccccc2)C1=O. The standard InChI is InChI=1S/C14H17N3O2/c1-16(2)12(15)11-8-9-17(14(11)19)13(18)10-6-4-3-5-7-10/h3-7,11,15H,8-9H2,1-2H3. The number of amides is 2. The lowest BCUT2D eigenvalue weighted by atomic mass is 10.1. The number of benzene rings is 1. The first-order valence-corrected chi connectivity index (χ1v) is 6.19. The Morgan fingerprint density at radius 3 is 2.53 bits per heavy atom. The Labute approximate surface area is 112 Å². The number of likely N-dealkylation sites (tertiary alicyclic amines) is 1. The van der Waals surface area contributed by atoms with Gasteiger partial charge in [0.2, 0.25) is 5.91 Å². The summed E-state index contributed by atoms with van der Waals surface area (Å²) in [6.07, 6.45) is 0.522. The van der Waals surface area contributed by atoms with Gasteiger partial charge in [-0.15, -0.1) is 0 Å². The van der Waals surface area contributed by atoms with E-state index in [0.717, 1.165) is 0 Å². The molecule has 5 nitrogen and oxygen atoms in total. The first-order chi connectivity index (χ1) is 9.02. The molecule has 1 aromatic carbocycles. The van der Waals surface area contributed by atoms with Crippen LogP contribution >= 0.6 is 0 Å². The second-order valence-electron chi connectivity index (χ2n) is 4.78. The van der Waals surface area contributed by atoms with Crippen LogP contribution in [0.2, 0.25) is 0 Å². The molecule has 1 heterocycles. The number of rotatable bonds is 2. The summed E-state index contributed by atoms with van der Waals surface area (Å²) < 4.78 is 0. The van der Waals surface area contributed by atoms with Gasteiger partial charge in [0.1, 0.15) is 5.84 Å². The average molecular weight is 259 g/mol. The van der Waals surface area contributed by atoms with Gasteiger partial charge in [0.05, 0.1) is 5.92 Å². The molecule has 0 aromatic heterocycles. The highest BCUT2D eigenvalue weighted by Gasteiger charge is 2.38. The molecule has 19 heavy (non-hydrogen) atoms. The van der Waals surface area contributed by atoms with Crippen LogP contribution in [0, 0.1) is 11.3 Å². The van der Waals surface area contributed by atoms with E-state index in [1.54, 1.807) is 43.3 Å². The minimum Gasteiger partial charge on any atom is -0.366 e. The second kappa shape index (κ2) is 5.22. The van der Waals surface area contributed by atoms with Crippen LogP contribution in [0.15, 0.2) is 30.3 Å². The molecule has 2 amide bonds. The molecule has 0 bridgehead atoms. The van der Waals surface area contributed by atoms with Crippen molar-refractivity contribution in [1.82, 2.24) is 9.80 Å². The van der Waals surface area contributed by atoms with Gasteiger partial charge in [-0.05, 0) is 18.6 Å². The van der Waals surface area contributed by atoms with Crippen LogP contribution in [0.3, 0.4) is 0 Å². The fourth-order valence-electron chi connectivity index (χ4n) is 2.18. The van der Waals surface area contributed by atoms with Gasteiger partial charge in [-0.25, -0.2) is 0 Å². The van der Waals surface area contributed by atoms with E-state index >= 15 is 0 Å². The van der Waals surface area contributed by atoms with Crippen LogP contribution in [0.5, 0.6) is 0 Å². The van der Waals surface area contributed by atoms with Crippen LogP contribution in [0.1, 0.15) is 16.8 Å². The first kappa shape index (κ1) is 13.3. The number of hydrogen-bond donors (Lipinski definition) is 1. The van der Waals surface area contributed by atoms with Gasteiger partial charge in [-0.3, -0.25) is 19.9 Å². The zero-order chi connectivity index (χ0) is 14.0. The van der Waals surface area contributed by atoms with Gasteiger partial charge < -0.3 is 4.90 Å². The number of carbonyl (C=O) groups is 2. The lowest BCUT2D eigenvalue weighted by Gasteiger charge is -2.19.